The molecule has 0 rings (SSSR count). The van der Waals surface area contributed by atoms with Gasteiger partial charge in [0.2, 0.25) is 5.91 Å². The molecule has 0 spiro atoms. The maximum Gasteiger partial charge on any atom is 0.225 e. The summed E-state index contributed by atoms with van der Waals surface area (Å²) in [5.74, 6) is 0.229. The lowest BCUT2D eigenvalue weighted by Crippen LogP contribution is -2.41. The Morgan fingerprint density at radius 1 is 1.29 bits per heavy atom. The monoisotopic (exact) mass is 243 g/mol. The summed E-state index contributed by atoms with van der Waals surface area (Å²) in [6.45, 7) is 10.4. The van der Waals surface area contributed by atoms with Gasteiger partial charge in [-0.05, 0) is 12.3 Å². The third-order valence-corrected chi connectivity index (χ3v) is 3.26. The van der Waals surface area contributed by atoms with Crippen molar-refractivity contribution in [3.05, 3.63) is 0 Å². The Bertz CT molecular complexity index is 224. The van der Waals surface area contributed by atoms with Crippen molar-refractivity contribution in [3.8, 4) is 0 Å². The van der Waals surface area contributed by atoms with E-state index in [1.54, 1.807) is 0 Å². The van der Waals surface area contributed by atoms with Gasteiger partial charge in [0.15, 0.2) is 0 Å². The molecule has 0 aliphatic heterocycles. The van der Waals surface area contributed by atoms with Crippen LogP contribution in [0.2, 0.25) is 0 Å². The smallest absolute Gasteiger partial charge is 0.225 e. The second kappa shape index (κ2) is 7.70. The van der Waals surface area contributed by atoms with E-state index in [0.717, 1.165) is 12.8 Å². The van der Waals surface area contributed by atoms with Gasteiger partial charge in [-0.25, -0.2) is 0 Å². The normalized spacial score (nSPS) is 13.8. The van der Waals surface area contributed by atoms with Crippen LogP contribution in [0.25, 0.3) is 0 Å². The third kappa shape index (κ3) is 6.67. The van der Waals surface area contributed by atoms with Crippen LogP contribution in [0.4, 0.5) is 0 Å². The molecule has 0 heterocycles. The Kier molecular flexibility index (Phi) is 7.44. The second-order valence-electron chi connectivity index (χ2n) is 5.86. The van der Waals surface area contributed by atoms with Crippen LogP contribution in [0.15, 0.2) is 0 Å². The summed E-state index contributed by atoms with van der Waals surface area (Å²) in [6.07, 6.45) is 3.88. The highest BCUT2D eigenvalue weighted by Crippen LogP contribution is 2.23. The number of aliphatic hydroxyl groups is 1. The zero-order chi connectivity index (χ0) is 13.5. The molecular weight excluding hydrogens is 214 g/mol. The Morgan fingerprint density at radius 2 is 1.88 bits per heavy atom. The molecule has 0 fully saturated rings. The first-order chi connectivity index (χ1) is 7.81. The lowest BCUT2D eigenvalue weighted by atomic mass is 9.86. The van der Waals surface area contributed by atoms with E-state index in [4.69, 9.17) is 0 Å². The van der Waals surface area contributed by atoms with E-state index in [1.165, 1.54) is 12.8 Å². The average molecular weight is 243 g/mol. The maximum absolute atomic E-state index is 12.0. The Balaban J connectivity index is 4.02. The van der Waals surface area contributed by atoms with E-state index in [1.807, 2.05) is 27.7 Å². The molecule has 0 aromatic rings. The number of carbonyl (C=O) groups excluding carboxylic acids is 1. The molecule has 0 saturated carbocycles. The van der Waals surface area contributed by atoms with Crippen LogP contribution in [-0.4, -0.2) is 23.7 Å². The third-order valence-electron chi connectivity index (χ3n) is 3.26. The Labute approximate surface area is 106 Å². The van der Waals surface area contributed by atoms with Gasteiger partial charge in [0, 0.05) is 12.0 Å². The van der Waals surface area contributed by atoms with Crippen molar-refractivity contribution >= 4 is 5.91 Å². The number of nitrogens with one attached hydrogen (secondary N) is 1. The van der Waals surface area contributed by atoms with Gasteiger partial charge in [-0.2, -0.15) is 0 Å². The zero-order valence-electron chi connectivity index (χ0n) is 12.0. The molecule has 0 aromatic heterocycles. The first-order valence-electron chi connectivity index (χ1n) is 6.77. The van der Waals surface area contributed by atoms with Crippen LogP contribution in [-0.2, 0) is 4.79 Å². The fourth-order valence-electron chi connectivity index (χ4n) is 1.60. The summed E-state index contributed by atoms with van der Waals surface area (Å²) in [7, 11) is 0. The lowest BCUT2D eigenvalue weighted by Gasteiger charge is -2.25. The van der Waals surface area contributed by atoms with Gasteiger partial charge < -0.3 is 10.4 Å². The molecule has 3 heteroatoms. The molecule has 1 amide bonds. The highest BCUT2D eigenvalue weighted by Gasteiger charge is 2.27. The summed E-state index contributed by atoms with van der Waals surface area (Å²) in [6, 6.07) is 0. The Hall–Kier alpha value is -0.570. The molecule has 3 nitrogen and oxygen atoms in total. The number of hydrogen-bond acceptors (Lipinski definition) is 2. The molecule has 102 valence electrons. The van der Waals surface area contributed by atoms with E-state index in [-0.39, 0.29) is 17.2 Å². The van der Waals surface area contributed by atoms with Crippen LogP contribution < -0.4 is 5.32 Å². The van der Waals surface area contributed by atoms with Crippen LogP contribution in [0, 0.1) is 11.3 Å². The summed E-state index contributed by atoms with van der Waals surface area (Å²) in [5.41, 5.74) is -0.328. The quantitative estimate of drug-likeness (QED) is 0.644. The van der Waals surface area contributed by atoms with E-state index in [9.17, 15) is 9.90 Å². The molecule has 0 aliphatic rings. The van der Waals surface area contributed by atoms with Gasteiger partial charge in [0.05, 0.1) is 6.10 Å². The van der Waals surface area contributed by atoms with Crippen molar-refractivity contribution in [2.45, 2.75) is 66.4 Å². The molecule has 0 bridgehead atoms. The van der Waals surface area contributed by atoms with Crippen LogP contribution >= 0.6 is 0 Å². The number of amides is 1. The predicted octanol–water partition coefficient (Wildman–Crippen LogP) is 2.73. The molecule has 1 unspecified atom stereocenters. The van der Waals surface area contributed by atoms with Crippen molar-refractivity contribution in [2.24, 2.45) is 11.3 Å². The number of rotatable bonds is 8. The minimum absolute atomic E-state index is 0.0494. The molecule has 0 aromatic carbocycles. The summed E-state index contributed by atoms with van der Waals surface area (Å²) < 4.78 is 0. The number of carbonyl (C=O) groups is 1. The van der Waals surface area contributed by atoms with Gasteiger partial charge in [-0.15, -0.1) is 0 Å². The lowest BCUT2D eigenvalue weighted by molar-refractivity contribution is -0.130. The fraction of sp³-hybridized carbons (Fsp3) is 0.929. The van der Waals surface area contributed by atoms with Crippen LogP contribution in [0.3, 0.4) is 0 Å². The molecule has 1 atom stereocenters. The minimum atomic E-state index is -0.453. The molecule has 17 heavy (non-hydrogen) atoms. The van der Waals surface area contributed by atoms with Crippen LogP contribution in [0.5, 0.6) is 0 Å². The van der Waals surface area contributed by atoms with Gasteiger partial charge >= 0.3 is 0 Å². The topological polar surface area (TPSA) is 49.3 Å². The van der Waals surface area contributed by atoms with Crippen molar-refractivity contribution in [3.63, 3.8) is 0 Å². The van der Waals surface area contributed by atoms with Crippen molar-refractivity contribution in [1.82, 2.24) is 5.32 Å². The van der Waals surface area contributed by atoms with Crippen LogP contribution in [0.1, 0.15) is 60.3 Å². The first-order valence-corrected chi connectivity index (χ1v) is 6.77. The second-order valence-corrected chi connectivity index (χ2v) is 5.86. The first kappa shape index (κ1) is 16.4. The number of unbranched alkanes of at least 4 members (excludes halogenated alkanes) is 2. The minimum Gasteiger partial charge on any atom is -0.391 e. The van der Waals surface area contributed by atoms with Gasteiger partial charge in [-0.1, -0.05) is 53.9 Å². The molecule has 0 aliphatic carbocycles. The number of aliphatic hydroxyl groups excluding tert-OH is 1. The average Bonchev–Trinajstić information content (AvgIpc) is 2.25. The van der Waals surface area contributed by atoms with Gasteiger partial charge in [-0.3, -0.25) is 4.79 Å². The van der Waals surface area contributed by atoms with Gasteiger partial charge in [0.1, 0.15) is 0 Å². The standard InChI is InChI=1S/C14H29NO2/c1-6-7-8-9-14(4,5)13(17)15-10-12(16)11(2)3/h11-12,16H,6-10H2,1-5H3,(H,15,17). The molecule has 0 saturated heterocycles. The highest BCUT2D eigenvalue weighted by molar-refractivity contribution is 5.81. The number of hydrogen-bond donors (Lipinski definition) is 2. The summed E-state index contributed by atoms with van der Waals surface area (Å²) in [4.78, 5) is 12.0. The fourth-order valence-corrected chi connectivity index (χ4v) is 1.60. The summed E-state index contributed by atoms with van der Waals surface area (Å²) >= 11 is 0. The summed E-state index contributed by atoms with van der Waals surface area (Å²) in [5, 5.41) is 12.5. The molecule has 0 radical (unpaired) electrons. The molecular formula is C14H29NO2. The van der Waals surface area contributed by atoms with E-state index < -0.39 is 6.10 Å². The van der Waals surface area contributed by atoms with Gasteiger partial charge in [0.25, 0.3) is 0 Å². The Morgan fingerprint density at radius 3 is 2.35 bits per heavy atom. The van der Waals surface area contributed by atoms with Crippen molar-refractivity contribution < 1.29 is 9.90 Å². The van der Waals surface area contributed by atoms with E-state index in [0.29, 0.717) is 6.54 Å². The highest BCUT2D eigenvalue weighted by atomic mass is 16.3. The zero-order valence-corrected chi connectivity index (χ0v) is 12.0. The molecule has 2 N–H and O–H groups in total. The van der Waals surface area contributed by atoms with E-state index in [2.05, 4.69) is 12.2 Å². The van der Waals surface area contributed by atoms with Crippen molar-refractivity contribution in [2.75, 3.05) is 6.54 Å². The maximum atomic E-state index is 12.0. The SMILES string of the molecule is CCCCCC(C)(C)C(=O)NCC(O)C(C)C. The predicted molar refractivity (Wildman–Crippen MR) is 71.8 cm³/mol. The van der Waals surface area contributed by atoms with E-state index >= 15 is 0 Å². The largest absolute Gasteiger partial charge is 0.391 e. The van der Waals surface area contributed by atoms with Crippen molar-refractivity contribution in [1.29, 1.82) is 0 Å².